The molecule has 1 aliphatic rings. The number of carbonyl (C=O) groups is 2. The Balaban J connectivity index is 2.05. The zero-order chi connectivity index (χ0) is 15.7. The summed E-state index contributed by atoms with van der Waals surface area (Å²) in [6.07, 6.45) is 2.05. The molecule has 1 aromatic rings. The van der Waals surface area contributed by atoms with E-state index in [1.165, 1.54) is 0 Å². The molecule has 0 aromatic heterocycles. The van der Waals surface area contributed by atoms with Gasteiger partial charge in [0.25, 0.3) is 0 Å². The topological polar surface area (TPSA) is 74.7 Å². The zero-order valence-corrected chi connectivity index (χ0v) is 13.1. The Kier molecular flexibility index (Phi) is 4.46. The van der Waals surface area contributed by atoms with E-state index in [2.05, 4.69) is 0 Å². The molecule has 6 heteroatoms. The SMILES string of the molecule is C[C@H](c1ccc([S@](C)=O)cc1)N(C)C(=O)[C@@H]1C[C@H]1C(=O)O. The fourth-order valence-corrected chi connectivity index (χ4v) is 2.87. The summed E-state index contributed by atoms with van der Waals surface area (Å²) in [7, 11) is 0.667. The summed E-state index contributed by atoms with van der Waals surface area (Å²) < 4.78 is 11.4. The maximum Gasteiger partial charge on any atom is 0.307 e. The number of aliphatic carboxylic acids is 1. The maximum absolute atomic E-state index is 12.2. The molecule has 0 aliphatic heterocycles. The molecule has 1 saturated carbocycles. The molecule has 1 aliphatic carbocycles. The molecule has 1 aromatic carbocycles. The summed E-state index contributed by atoms with van der Waals surface area (Å²) in [5.41, 5.74) is 0.938. The Bertz CT molecular complexity index is 584. The third-order valence-corrected chi connectivity index (χ3v) is 4.98. The van der Waals surface area contributed by atoms with Crippen molar-refractivity contribution in [3.05, 3.63) is 29.8 Å². The standard InChI is InChI=1S/C15H19NO4S/c1-9(10-4-6-11(7-5-10)21(3)20)16(2)14(17)12-8-13(12)15(18)19/h4-7,9,12-13H,8H2,1-3H3,(H,18,19)/t9-,12-,13-,21+/m1/s1. The average molecular weight is 309 g/mol. The smallest absolute Gasteiger partial charge is 0.307 e. The number of hydrogen-bond acceptors (Lipinski definition) is 3. The second kappa shape index (κ2) is 5.97. The van der Waals surface area contributed by atoms with Crippen LogP contribution < -0.4 is 0 Å². The molecule has 0 saturated heterocycles. The van der Waals surface area contributed by atoms with Crippen molar-refractivity contribution in [2.75, 3.05) is 13.3 Å². The van der Waals surface area contributed by atoms with Crippen LogP contribution in [-0.4, -0.2) is 39.4 Å². The van der Waals surface area contributed by atoms with Crippen molar-refractivity contribution in [2.24, 2.45) is 11.8 Å². The normalized spacial score (nSPS) is 23.2. The van der Waals surface area contributed by atoms with Gasteiger partial charge in [-0.2, -0.15) is 0 Å². The van der Waals surface area contributed by atoms with E-state index in [1.54, 1.807) is 30.3 Å². The molecule has 1 amide bonds. The van der Waals surface area contributed by atoms with Gasteiger partial charge in [-0.3, -0.25) is 13.8 Å². The molecule has 5 nitrogen and oxygen atoms in total. The Labute approximate surface area is 126 Å². The molecule has 1 N–H and O–H groups in total. The van der Waals surface area contributed by atoms with Crippen molar-refractivity contribution in [1.82, 2.24) is 4.90 Å². The number of amides is 1. The highest BCUT2D eigenvalue weighted by molar-refractivity contribution is 7.84. The summed E-state index contributed by atoms with van der Waals surface area (Å²) >= 11 is 0. The van der Waals surface area contributed by atoms with Gasteiger partial charge in [0.05, 0.1) is 17.9 Å². The quantitative estimate of drug-likeness (QED) is 0.897. The van der Waals surface area contributed by atoms with Gasteiger partial charge in [0.15, 0.2) is 0 Å². The predicted molar refractivity (Wildman–Crippen MR) is 79.2 cm³/mol. The predicted octanol–water partition coefficient (Wildman–Crippen LogP) is 1.66. The molecule has 114 valence electrons. The third-order valence-electron chi connectivity index (χ3n) is 4.05. The van der Waals surface area contributed by atoms with E-state index in [9.17, 15) is 13.8 Å². The molecule has 0 unspecified atom stereocenters. The van der Waals surface area contributed by atoms with Crippen molar-refractivity contribution < 1.29 is 18.9 Å². The number of benzene rings is 1. The lowest BCUT2D eigenvalue weighted by atomic mass is 10.1. The first kappa shape index (κ1) is 15.7. The van der Waals surface area contributed by atoms with Crippen LogP contribution in [0.4, 0.5) is 0 Å². The molecule has 0 spiro atoms. The van der Waals surface area contributed by atoms with E-state index in [4.69, 9.17) is 5.11 Å². The molecule has 0 heterocycles. The van der Waals surface area contributed by atoms with E-state index in [-0.39, 0.29) is 11.9 Å². The highest BCUT2D eigenvalue weighted by Gasteiger charge is 2.49. The number of hydrogen-bond donors (Lipinski definition) is 1. The van der Waals surface area contributed by atoms with Crippen LogP contribution in [0.25, 0.3) is 0 Å². The van der Waals surface area contributed by atoms with Gasteiger partial charge in [-0.1, -0.05) is 12.1 Å². The zero-order valence-electron chi connectivity index (χ0n) is 12.3. The molecule has 2 rings (SSSR count). The van der Waals surface area contributed by atoms with Crippen molar-refractivity contribution in [2.45, 2.75) is 24.3 Å². The molecule has 0 bridgehead atoms. The first-order chi connectivity index (χ1) is 9.82. The van der Waals surface area contributed by atoms with Crippen molar-refractivity contribution >= 4 is 22.7 Å². The summed E-state index contributed by atoms with van der Waals surface area (Å²) in [5, 5.41) is 8.89. The van der Waals surface area contributed by atoms with Gasteiger partial charge in [0.2, 0.25) is 5.91 Å². The minimum Gasteiger partial charge on any atom is -0.481 e. The first-order valence-corrected chi connectivity index (χ1v) is 8.31. The number of carbonyl (C=O) groups excluding carboxylic acids is 1. The highest BCUT2D eigenvalue weighted by Crippen LogP contribution is 2.41. The summed E-state index contributed by atoms with van der Waals surface area (Å²) in [6, 6.07) is 7.14. The fourth-order valence-electron chi connectivity index (χ4n) is 2.35. The maximum atomic E-state index is 12.2. The number of rotatable bonds is 5. The fraction of sp³-hybridized carbons (Fsp3) is 0.467. The Morgan fingerprint density at radius 2 is 1.86 bits per heavy atom. The second-order valence-electron chi connectivity index (χ2n) is 5.44. The lowest BCUT2D eigenvalue weighted by Gasteiger charge is -2.25. The van der Waals surface area contributed by atoms with E-state index in [0.29, 0.717) is 6.42 Å². The van der Waals surface area contributed by atoms with Crippen molar-refractivity contribution in [3.63, 3.8) is 0 Å². The van der Waals surface area contributed by atoms with Crippen LogP contribution in [0.5, 0.6) is 0 Å². The van der Waals surface area contributed by atoms with E-state index < -0.39 is 28.6 Å². The van der Waals surface area contributed by atoms with Gasteiger partial charge in [-0.25, -0.2) is 0 Å². The monoisotopic (exact) mass is 309 g/mol. The van der Waals surface area contributed by atoms with Crippen LogP contribution in [0.15, 0.2) is 29.2 Å². The first-order valence-electron chi connectivity index (χ1n) is 6.75. The minimum absolute atomic E-state index is 0.127. The van der Waals surface area contributed by atoms with Crippen LogP contribution in [0.2, 0.25) is 0 Å². The Morgan fingerprint density at radius 3 is 2.29 bits per heavy atom. The molecular formula is C15H19NO4S. The lowest BCUT2D eigenvalue weighted by Crippen LogP contribution is -2.31. The molecule has 21 heavy (non-hydrogen) atoms. The van der Waals surface area contributed by atoms with Crippen LogP contribution in [-0.2, 0) is 20.4 Å². The second-order valence-corrected chi connectivity index (χ2v) is 6.81. The minimum atomic E-state index is -1.02. The van der Waals surface area contributed by atoms with E-state index >= 15 is 0 Å². The van der Waals surface area contributed by atoms with Gasteiger partial charge in [-0.15, -0.1) is 0 Å². The number of nitrogens with zero attached hydrogens (tertiary/aromatic N) is 1. The van der Waals surface area contributed by atoms with Crippen molar-refractivity contribution in [3.8, 4) is 0 Å². The molecule has 4 atom stereocenters. The van der Waals surface area contributed by atoms with Crippen LogP contribution in [0, 0.1) is 11.8 Å². The largest absolute Gasteiger partial charge is 0.481 e. The van der Waals surface area contributed by atoms with Crippen molar-refractivity contribution in [1.29, 1.82) is 0 Å². The average Bonchev–Trinajstić information content (AvgIpc) is 3.25. The number of carboxylic acids is 1. The van der Waals surface area contributed by atoms with Crippen LogP contribution in [0.1, 0.15) is 24.9 Å². The Hall–Kier alpha value is -1.69. The highest BCUT2D eigenvalue weighted by atomic mass is 32.2. The lowest BCUT2D eigenvalue weighted by molar-refractivity contribution is -0.142. The Morgan fingerprint density at radius 1 is 1.29 bits per heavy atom. The van der Waals surface area contributed by atoms with Crippen LogP contribution >= 0.6 is 0 Å². The van der Waals surface area contributed by atoms with Gasteiger partial charge in [0.1, 0.15) is 0 Å². The molecule has 1 fully saturated rings. The summed E-state index contributed by atoms with van der Waals surface area (Å²) in [5.74, 6) is -1.95. The molecule has 0 radical (unpaired) electrons. The van der Waals surface area contributed by atoms with Crippen LogP contribution in [0.3, 0.4) is 0 Å². The van der Waals surface area contributed by atoms with E-state index in [0.717, 1.165) is 10.5 Å². The van der Waals surface area contributed by atoms with Gasteiger partial charge in [0, 0.05) is 29.0 Å². The summed E-state index contributed by atoms with van der Waals surface area (Å²) in [4.78, 5) is 25.4. The van der Waals surface area contributed by atoms with Gasteiger partial charge < -0.3 is 10.0 Å². The molecular weight excluding hydrogens is 290 g/mol. The third kappa shape index (κ3) is 3.32. The summed E-state index contributed by atoms with van der Waals surface area (Å²) in [6.45, 7) is 1.90. The van der Waals surface area contributed by atoms with Gasteiger partial charge in [-0.05, 0) is 31.0 Å². The van der Waals surface area contributed by atoms with E-state index in [1.807, 2.05) is 19.1 Å². The number of carboxylic acid groups (broad SMARTS) is 1. The van der Waals surface area contributed by atoms with Gasteiger partial charge >= 0.3 is 5.97 Å².